The molecule has 5 nitrogen and oxygen atoms in total. The van der Waals surface area contributed by atoms with Crippen LogP contribution in [-0.2, 0) is 4.79 Å². The molecule has 0 spiro atoms. The van der Waals surface area contributed by atoms with Gasteiger partial charge in [0.15, 0.2) is 0 Å². The predicted octanol–water partition coefficient (Wildman–Crippen LogP) is 1.07. The molecule has 0 saturated heterocycles. The first-order chi connectivity index (χ1) is 9.08. The van der Waals surface area contributed by atoms with E-state index in [4.69, 9.17) is 5.73 Å². The molecule has 1 rings (SSSR count). The number of carbonyl (C=O) groups excluding carboxylic acids is 2. The number of hydrogen-bond acceptors (Lipinski definition) is 4. The molecule has 0 aliphatic rings. The number of nitrogens with two attached hydrogens (primary N) is 1. The van der Waals surface area contributed by atoms with Gasteiger partial charge in [-0.1, -0.05) is 6.07 Å². The first-order valence-corrected chi connectivity index (χ1v) is 7.35. The molecule has 1 atom stereocenters. The number of anilines is 1. The highest BCUT2D eigenvalue weighted by molar-refractivity contribution is 7.98. The third-order valence-electron chi connectivity index (χ3n) is 2.59. The van der Waals surface area contributed by atoms with Gasteiger partial charge in [-0.3, -0.25) is 9.59 Å². The van der Waals surface area contributed by atoms with Crippen LogP contribution in [0.4, 0.5) is 5.69 Å². The molecule has 0 unspecified atom stereocenters. The molecule has 0 saturated carbocycles. The molecule has 19 heavy (non-hydrogen) atoms. The minimum Gasteiger partial charge on any atom is -0.355 e. The summed E-state index contributed by atoms with van der Waals surface area (Å²) in [5.41, 5.74) is 6.84. The third kappa shape index (κ3) is 4.92. The molecule has 0 fully saturated rings. The van der Waals surface area contributed by atoms with Crippen LogP contribution in [0.5, 0.6) is 0 Å². The molecule has 0 bridgehead atoms. The Morgan fingerprint density at radius 3 is 2.79 bits per heavy atom. The third-order valence-corrected chi connectivity index (χ3v) is 3.23. The zero-order chi connectivity index (χ0) is 14.3. The first-order valence-electron chi connectivity index (χ1n) is 5.96. The topological polar surface area (TPSA) is 84.2 Å². The summed E-state index contributed by atoms with van der Waals surface area (Å²) in [7, 11) is 1.56. The molecule has 0 heterocycles. The van der Waals surface area contributed by atoms with E-state index in [-0.39, 0.29) is 11.8 Å². The van der Waals surface area contributed by atoms with Gasteiger partial charge in [0, 0.05) is 18.3 Å². The van der Waals surface area contributed by atoms with Crippen molar-refractivity contribution in [2.75, 3.05) is 24.4 Å². The van der Waals surface area contributed by atoms with Gasteiger partial charge in [0.05, 0.1) is 6.04 Å². The second kappa shape index (κ2) is 7.81. The maximum Gasteiger partial charge on any atom is 0.251 e. The van der Waals surface area contributed by atoms with Crippen LogP contribution in [0.2, 0.25) is 0 Å². The Morgan fingerprint density at radius 2 is 2.16 bits per heavy atom. The Hall–Kier alpha value is -1.53. The van der Waals surface area contributed by atoms with E-state index in [1.165, 1.54) is 0 Å². The normalized spacial score (nSPS) is 11.7. The fourth-order valence-corrected chi connectivity index (χ4v) is 1.98. The molecular weight excluding hydrogens is 262 g/mol. The molecular formula is C13H19N3O2S. The van der Waals surface area contributed by atoms with E-state index in [2.05, 4.69) is 10.6 Å². The van der Waals surface area contributed by atoms with Crippen molar-refractivity contribution in [3.05, 3.63) is 29.8 Å². The van der Waals surface area contributed by atoms with Gasteiger partial charge in [-0.15, -0.1) is 0 Å². The molecule has 104 valence electrons. The van der Waals surface area contributed by atoms with Crippen molar-refractivity contribution >= 4 is 29.3 Å². The second-order valence-corrected chi connectivity index (χ2v) is 5.02. The van der Waals surface area contributed by atoms with E-state index in [1.54, 1.807) is 43.1 Å². The lowest BCUT2D eigenvalue weighted by atomic mass is 10.1. The van der Waals surface area contributed by atoms with Crippen LogP contribution >= 0.6 is 11.8 Å². The molecule has 1 aromatic carbocycles. The highest BCUT2D eigenvalue weighted by Crippen LogP contribution is 2.11. The molecule has 4 N–H and O–H groups in total. The molecule has 1 aromatic rings. The molecule has 6 heteroatoms. The zero-order valence-electron chi connectivity index (χ0n) is 11.1. The summed E-state index contributed by atoms with van der Waals surface area (Å²) in [6, 6.07) is 6.22. The number of benzene rings is 1. The van der Waals surface area contributed by atoms with Crippen molar-refractivity contribution in [1.82, 2.24) is 5.32 Å². The quantitative estimate of drug-likeness (QED) is 0.728. The largest absolute Gasteiger partial charge is 0.355 e. The van der Waals surface area contributed by atoms with Crippen LogP contribution in [0.15, 0.2) is 24.3 Å². The van der Waals surface area contributed by atoms with Crippen LogP contribution in [0.1, 0.15) is 16.8 Å². The monoisotopic (exact) mass is 281 g/mol. The van der Waals surface area contributed by atoms with Crippen LogP contribution in [0.3, 0.4) is 0 Å². The van der Waals surface area contributed by atoms with Crippen molar-refractivity contribution in [3.63, 3.8) is 0 Å². The van der Waals surface area contributed by atoms with Gasteiger partial charge in [-0.2, -0.15) is 11.8 Å². The van der Waals surface area contributed by atoms with Crippen molar-refractivity contribution in [2.24, 2.45) is 5.73 Å². The van der Waals surface area contributed by atoms with Gasteiger partial charge < -0.3 is 16.4 Å². The van der Waals surface area contributed by atoms with E-state index >= 15 is 0 Å². The van der Waals surface area contributed by atoms with Gasteiger partial charge >= 0.3 is 0 Å². The summed E-state index contributed by atoms with van der Waals surface area (Å²) in [5.74, 6) is 0.415. The van der Waals surface area contributed by atoms with Crippen LogP contribution in [-0.4, -0.2) is 36.9 Å². The lowest BCUT2D eigenvalue weighted by Gasteiger charge is -2.12. The predicted molar refractivity (Wildman–Crippen MR) is 79.4 cm³/mol. The van der Waals surface area contributed by atoms with E-state index in [0.29, 0.717) is 17.7 Å². The molecule has 0 aliphatic carbocycles. The van der Waals surface area contributed by atoms with Crippen molar-refractivity contribution in [1.29, 1.82) is 0 Å². The number of nitrogens with one attached hydrogen (secondary N) is 2. The number of hydrogen-bond donors (Lipinski definition) is 3. The first kappa shape index (κ1) is 15.5. The summed E-state index contributed by atoms with van der Waals surface area (Å²) in [5, 5.41) is 5.25. The SMILES string of the molecule is CNC(=O)c1cccc(NC(=O)[C@@H](N)CCSC)c1. The van der Waals surface area contributed by atoms with Crippen molar-refractivity contribution in [3.8, 4) is 0 Å². The summed E-state index contributed by atoms with van der Waals surface area (Å²) < 4.78 is 0. The van der Waals surface area contributed by atoms with Gasteiger partial charge in [-0.25, -0.2) is 0 Å². The van der Waals surface area contributed by atoms with Crippen LogP contribution in [0.25, 0.3) is 0 Å². The van der Waals surface area contributed by atoms with Crippen molar-refractivity contribution < 1.29 is 9.59 Å². The standard InChI is InChI=1S/C13H19N3O2S/c1-15-12(17)9-4-3-5-10(8-9)16-13(18)11(14)6-7-19-2/h3-5,8,11H,6-7,14H2,1-2H3,(H,15,17)(H,16,18)/t11-/m0/s1. The highest BCUT2D eigenvalue weighted by Gasteiger charge is 2.13. The van der Waals surface area contributed by atoms with Gasteiger partial charge in [0.1, 0.15) is 0 Å². The van der Waals surface area contributed by atoms with Gasteiger partial charge in [-0.05, 0) is 36.6 Å². The number of rotatable bonds is 6. The Labute approximate surface area is 117 Å². The Morgan fingerprint density at radius 1 is 1.42 bits per heavy atom. The smallest absolute Gasteiger partial charge is 0.251 e. The Kier molecular flexibility index (Phi) is 6.38. The van der Waals surface area contributed by atoms with E-state index in [0.717, 1.165) is 5.75 Å². The number of amides is 2. The van der Waals surface area contributed by atoms with E-state index < -0.39 is 6.04 Å². The lowest BCUT2D eigenvalue weighted by Crippen LogP contribution is -2.36. The van der Waals surface area contributed by atoms with Crippen molar-refractivity contribution in [2.45, 2.75) is 12.5 Å². The zero-order valence-corrected chi connectivity index (χ0v) is 11.9. The van der Waals surface area contributed by atoms with E-state index in [9.17, 15) is 9.59 Å². The van der Waals surface area contributed by atoms with Gasteiger partial charge in [0.2, 0.25) is 5.91 Å². The molecule has 2 amide bonds. The average molecular weight is 281 g/mol. The molecule has 0 aliphatic heterocycles. The number of thioether (sulfide) groups is 1. The number of carbonyl (C=O) groups is 2. The fraction of sp³-hybridized carbons (Fsp3) is 0.385. The maximum absolute atomic E-state index is 11.8. The molecule has 0 radical (unpaired) electrons. The highest BCUT2D eigenvalue weighted by atomic mass is 32.2. The minimum atomic E-state index is -0.531. The minimum absolute atomic E-state index is 0.192. The summed E-state index contributed by atoms with van der Waals surface area (Å²) >= 11 is 1.65. The van der Waals surface area contributed by atoms with E-state index in [1.807, 2.05) is 6.26 Å². The maximum atomic E-state index is 11.8. The Bertz CT molecular complexity index is 451. The average Bonchev–Trinajstić information content (AvgIpc) is 2.44. The fourth-order valence-electron chi connectivity index (χ4n) is 1.49. The van der Waals surface area contributed by atoms with Crippen LogP contribution in [0, 0.1) is 0 Å². The van der Waals surface area contributed by atoms with Gasteiger partial charge in [0.25, 0.3) is 5.91 Å². The lowest BCUT2D eigenvalue weighted by molar-refractivity contribution is -0.117. The summed E-state index contributed by atoms with van der Waals surface area (Å²) in [6.07, 6.45) is 2.60. The molecule has 0 aromatic heterocycles. The van der Waals surface area contributed by atoms with Crippen LogP contribution < -0.4 is 16.4 Å². The summed E-state index contributed by atoms with van der Waals surface area (Å²) in [6.45, 7) is 0. The Balaban J connectivity index is 2.66. The second-order valence-electron chi connectivity index (χ2n) is 4.04. The summed E-state index contributed by atoms with van der Waals surface area (Å²) in [4.78, 5) is 23.3.